The van der Waals surface area contributed by atoms with Crippen molar-refractivity contribution in [3.8, 4) is 0 Å². The maximum absolute atomic E-state index is 12.6. The second-order valence-electron chi connectivity index (χ2n) is 5.88. The van der Waals surface area contributed by atoms with E-state index in [4.69, 9.17) is 0 Å². The van der Waals surface area contributed by atoms with Crippen molar-refractivity contribution in [1.82, 2.24) is 9.88 Å². The molecule has 0 aliphatic rings. The van der Waals surface area contributed by atoms with E-state index in [1.807, 2.05) is 37.6 Å². The first-order valence-corrected chi connectivity index (χ1v) is 8.60. The number of rotatable bonds is 4. The number of fused-ring (bicyclic) bond motifs is 1. The molecule has 2 heterocycles. The molecule has 0 atom stereocenters. The molecule has 0 saturated heterocycles. The van der Waals surface area contributed by atoms with Gasteiger partial charge in [-0.3, -0.25) is 9.78 Å². The molecule has 0 aliphatic heterocycles. The van der Waals surface area contributed by atoms with Crippen molar-refractivity contribution in [1.29, 1.82) is 0 Å². The molecule has 0 saturated carbocycles. The van der Waals surface area contributed by atoms with Crippen LogP contribution in [0.5, 0.6) is 0 Å². The van der Waals surface area contributed by atoms with E-state index in [1.54, 1.807) is 16.2 Å². The van der Waals surface area contributed by atoms with Gasteiger partial charge in [0.2, 0.25) is 5.91 Å². The zero-order chi connectivity index (χ0) is 16.4. The van der Waals surface area contributed by atoms with Gasteiger partial charge in [0.15, 0.2) is 0 Å². The molecule has 2 aromatic heterocycles. The minimum atomic E-state index is 0.125. The summed E-state index contributed by atoms with van der Waals surface area (Å²) in [5.41, 5.74) is 5.32. The van der Waals surface area contributed by atoms with E-state index in [-0.39, 0.29) is 5.91 Å². The second-order valence-corrected chi connectivity index (χ2v) is 6.66. The number of aryl methyl sites for hydroxylation is 2. The third kappa shape index (κ3) is 3.27. The highest BCUT2D eigenvalue weighted by Gasteiger charge is 2.16. The molecule has 118 valence electrons. The lowest BCUT2D eigenvalue weighted by atomic mass is 9.99. The van der Waals surface area contributed by atoms with Crippen molar-refractivity contribution in [2.24, 2.45) is 0 Å². The van der Waals surface area contributed by atoms with Crippen LogP contribution in [0, 0.1) is 13.8 Å². The van der Waals surface area contributed by atoms with Crippen molar-refractivity contribution in [3.63, 3.8) is 0 Å². The van der Waals surface area contributed by atoms with Gasteiger partial charge in [-0.2, -0.15) is 11.3 Å². The van der Waals surface area contributed by atoms with Crippen LogP contribution in [0.2, 0.25) is 0 Å². The number of benzene rings is 1. The van der Waals surface area contributed by atoms with Gasteiger partial charge in [-0.15, -0.1) is 0 Å². The zero-order valence-electron chi connectivity index (χ0n) is 13.7. The predicted molar refractivity (Wildman–Crippen MR) is 95.7 cm³/mol. The molecule has 0 spiro atoms. The van der Waals surface area contributed by atoms with Crippen LogP contribution < -0.4 is 0 Å². The Kier molecular flexibility index (Phi) is 4.44. The van der Waals surface area contributed by atoms with Gasteiger partial charge in [-0.1, -0.05) is 18.2 Å². The number of thiophene rings is 1. The molecular weight excluding hydrogens is 304 g/mol. The SMILES string of the molecule is Cc1nc2ccccc2c(C)c1CC(=O)N(C)Cc1ccsc1. The fourth-order valence-corrected chi connectivity index (χ4v) is 3.52. The van der Waals surface area contributed by atoms with Gasteiger partial charge in [0.1, 0.15) is 0 Å². The van der Waals surface area contributed by atoms with E-state index in [0.717, 1.165) is 27.7 Å². The normalized spacial score (nSPS) is 10.9. The molecule has 0 aliphatic carbocycles. The standard InChI is InChI=1S/C19H20N2OS/c1-13-16-6-4-5-7-18(16)20-14(2)17(13)10-19(22)21(3)11-15-8-9-23-12-15/h4-9,12H,10-11H2,1-3H3. The maximum atomic E-state index is 12.6. The van der Waals surface area contributed by atoms with Crippen LogP contribution in [0.15, 0.2) is 41.1 Å². The van der Waals surface area contributed by atoms with Gasteiger partial charge in [0.25, 0.3) is 0 Å². The first kappa shape index (κ1) is 15.7. The average molecular weight is 324 g/mol. The van der Waals surface area contributed by atoms with Gasteiger partial charge in [-0.05, 0) is 53.4 Å². The van der Waals surface area contributed by atoms with Crippen LogP contribution in [0.1, 0.15) is 22.4 Å². The van der Waals surface area contributed by atoms with Crippen molar-refractivity contribution < 1.29 is 4.79 Å². The molecule has 0 radical (unpaired) electrons. The zero-order valence-corrected chi connectivity index (χ0v) is 14.5. The molecule has 4 heteroatoms. The van der Waals surface area contributed by atoms with Gasteiger partial charge in [0, 0.05) is 24.7 Å². The summed E-state index contributed by atoms with van der Waals surface area (Å²) in [6.07, 6.45) is 0.399. The number of likely N-dealkylation sites (N-methyl/N-ethyl adjacent to an activating group) is 1. The number of aromatic nitrogens is 1. The fraction of sp³-hybridized carbons (Fsp3) is 0.263. The summed E-state index contributed by atoms with van der Waals surface area (Å²) in [5, 5.41) is 5.24. The number of nitrogens with zero attached hydrogens (tertiary/aromatic N) is 2. The van der Waals surface area contributed by atoms with Crippen molar-refractivity contribution in [3.05, 3.63) is 63.5 Å². The summed E-state index contributed by atoms with van der Waals surface area (Å²) < 4.78 is 0. The van der Waals surface area contributed by atoms with Gasteiger partial charge < -0.3 is 4.90 Å². The van der Waals surface area contributed by atoms with Gasteiger partial charge >= 0.3 is 0 Å². The van der Waals surface area contributed by atoms with Crippen molar-refractivity contribution in [2.45, 2.75) is 26.8 Å². The monoisotopic (exact) mass is 324 g/mol. The first-order valence-electron chi connectivity index (χ1n) is 7.66. The van der Waals surface area contributed by atoms with Gasteiger partial charge in [0.05, 0.1) is 11.9 Å². The molecule has 3 rings (SSSR count). The number of carbonyl (C=O) groups excluding carboxylic acids is 1. The second kappa shape index (κ2) is 6.50. The van der Waals surface area contributed by atoms with E-state index in [1.165, 1.54) is 5.56 Å². The molecule has 0 bridgehead atoms. The third-order valence-electron chi connectivity index (χ3n) is 4.24. The number of hydrogen-bond donors (Lipinski definition) is 0. The van der Waals surface area contributed by atoms with Crippen LogP contribution in [0.3, 0.4) is 0 Å². The highest BCUT2D eigenvalue weighted by atomic mass is 32.1. The summed E-state index contributed by atoms with van der Waals surface area (Å²) in [5.74, 6) is 0.125. The average Bonchev–Trinajstić information content (AvgIpc) is 3.04. The Hall–Kier alpha value is -2.20. The highest BCUT2D eigenvalue weighted by Crippen LogP contribution is 2.23. The predicted octanol–water partition coefficient (Wildman–Crippen LogP) is 4.11. The number of hydrogen-bond acceptors (Lipinski definition) is 3. The molecule has 3 nitrogen and oxygen atoms in total. The smallest absolute Gasteiger partial charge is 0.227 e. The number of amides is 1. The highest BCUT2D eigenvalue weighted by molar-refractivity contribution is 7.07. The molecular formula is C19H20N2OS. The maximum Gasteiger partial charge on any atom is 0.227 e. The van der Waals surface area contributed by atoms with Crippen LogP contribution in [0.25, 0.3) is 10.9 Å². The van der Waals surface area contributed by atoms with Crippen LogP contribution in [-0.2, 0) is 17.8 Å². The Morgan fingerprint density at radius 1 is 1.22 bits per heavy atom. The lowest BCUT2D eigenvalue weighted by Gasteiger charge is -2.18. The van der Waals surface area contributed by atoms with E-state index >= 15 is 0 Å². The lowest BCUT2D eigenvalue weighted by Crippen LogP contribution is -2.28. The Morgan fingerprint density at radius 2 is 2.00 bits per heavy atom. The molecule has 0 unspecified atom stereocenters. The molecule has 0 fully saturated rings. The molecule has 3 aromatic rings. The summed E-state index contributed by atoms with van der Waals surface area (Å²) in [6.45, 7) is 4.72. The summed E-state index contributed by atoms with van der Waals surface area (Å²) in [6, 6.07) is 10.2. The molecule has 1 amide bonds. The number of para-hydroxylation sites is 1. The lowest BCUT2D eigenvalue weighted by molar-refractivity contribution is -0.129. The Morgan fingerprint density at radius 3 is 2.74 bits per heavy atom. The Balaban J connectivity index is 1.84. The summed E-state index contributed by atoms with van der Waals surface area (Å²) in [7, 11) is 1.86. The van der Waals surface area contributed by atoms with E-state index < -0.39 is 0 Å². The minimum absolute atomic E-state index is 0.125. The fourth-order valence-electron chi connectivity index (χ4n) is 2.86. The first-order chi connectivity index (χ1) is 11.1. The summed E-state index contributed by atoms with van der Waals surface area (Å²) in [4.78, 5) is 19.0. The topological polar surface area (TPSA) is 33.2 Å². The summed E-state index contributed by atoms with van der Waals surface area (Å²) >= 11 is 1.66. The third-order valence-corrected chi connectivity index (χ3v) is 4.97. The van der Waals surface area contributed by atoms with E-state index in [2.05, 4.69) is 29.4 Å². The quantitative estimate of drug-likeness (QED) is 0.723. The van der Waals surface area contributed by atoms with Crippen molar-refractivity contribution >= 4 is 28.1 Å². The molecule has 0 N–H and O–H groups in total. The van der Waals surface area contributed by atoms with Gasteiger partial charge in [-0.25, -0.2) is 0 Å². The van der Waals surface area contributed by atoms with Crippen LogP contribution in [-0.4, -0.2) is 22.8 Å². The Bertz CT molecular complexity index is 840. The van der Waals surface area contributed by atoms with Crippen LogP contribution in [0.4, 0.5) is 0 Å². The molecule has 1 aromatic carbocycles. The van der Waals surface area contributed by atoms with E-state index in [9.17, 15) is 4.79 Å². The Labute approximate surface area is 140 Å². The van der Waals surface area contributed by atoms with E-state index in [0.29, 0.717) is 13.0 Å². The number of carbonyl (C=O) groups is 1. The largest absolute Gasteiger partial charge is 0.341 e. The minimum Gasteiger partial charge on any atom is -0.341 e. The van der Waals surface area contributed by atoms with Crippen molar-refractivity contribution in [2.75, 3.05) is 7.05 Å². The molecule has 23 heavy (non-hydrogen) atoms. The van der Waals surface area contributed by atoms with Crippen LogP contribution >= 0.6 is 11.3 Å². The number of pyridine rings is 1.